The molecule has 3 heteroatoms. The summed E-state index contributed by atoms with van der Waals surface area (Å²) < 4.78 is 0. The van der Waals surface area contributed by atoms with E-state index >= 15 is 0 Å². The lowest BCUT2D eigenvalue weighted by atomic mass is 9.33. The molecule has 7 aliphatic rings. The lowest BCUT2D eigenvalue weighted by Gasteiger charge is -2.57. The quantitative estimate of drug-likeness (QED) is 0.162. The van der Waals surface area contributed by atoms with Crippen LogP contribution in [0, 0.1) is 17.8 Å². The van der Waals surface area contributed by atoms with Crippen LogP contribution < -0.4 is 26.2 Å². The maximum absolute atomic E-state index is 2.79. The summed E-state index contributed by atoms with van der Waals surface area (Å²) in [5.41, 5.74) is 25.4. The van der Waals surface area contributed by atoms with Gasteiger partial charge in [0.25, 0.3) is 6.71 Å². The number of fused-ring (bicyclic) bond motifs is 5. The summed E-state index contributed by atoms with van der Waals surface area (Å²) in [5.74, 6) is 2.52. The Hall–Kier alpha value is -5.02. The summed E-state index contributed by atoms with van der Waals surface area (Å²) in [6.07, 6.45) is 10.7. The molecule has 0 amide bonds. The first-order valence-corrected chi connectivity index (χ1v) is 28.6. The van der Waals surface area contributed by atoms with Crippen LogP contribution in [0.1, 0.15) is 201 Å². The summed E-state index contributed by atoms with van der Waals surface area (Å²) >= 11 is 0. The summed E-state index contributed by atoms with van der Waals surface area (Å²) in [7, 11) is 0. The van der Waals surface area contributed by atoms with Crippen LogP contribution in [0.25, 0.3) is 11.1 Å². The number of nitrogens with zero attached hydrogens (tertiary/aromatic N) is 2. The molecule has 2 heterocycles. The van der Waals surface area contributed by atoms with Gasteiger partial charge >= 0.3 is 0 Å². The van der Waals surface area contributed by atoms with E-state index in [0.717, 1.165) is 17.8 Å². The molecule has 6 aromatic rings. The molecule has 2 nitrogen and oxygen atoms in total. The van der Waals surface area contributed by atoms with Crippen molar-refractivity contribution in [2.75, 3.05) is 9.80 Å². The lowest BCUT2D eigenvalue weighted by molar-refractivity contribution is -0.00514. The highest BCUT2D eigenvalue weighted by Crippen LogP contribution is 2.62. The smallest absolute Gasteiger partial charge is 0.252 e. The maximum atomic E-state index is 2.79. The Morgan fingerprint density at radius 3 is 1.37 bits per heavy atom. The zero-order chi connectivity index (χ0) is 51.7. The number of benzene rings is 6. The Kier molecular flexibility index (Phi) is 10.7. The second-order valence-corrected chi connectivity index (χ2v) is 30.1. The van der Waals surface area contributed by atoms with Crippen LogP contribution in [-0.4, -0.2) is 6.71 Å². The Bertz CT molecular complexity index is 3170. The van der Waals surface area contributed by atoms with E-state index < -0.39 is 0 Å². The van der Waals surface area contributed by atoms with Crippen molar-refractivity contribution in [3.63, 3.8) is 0 Å². The van der Waals surface area contributed by atoms with Gasteiger partial charge in [-0.15, -0.1) is 0 Å². The fourth-order valence-electron chi connectivity index (χ4n) is 15.5. The van der Waals surface area contributed by atoms with Crippen LogP contribution in [0.4, 0.5) is 34.1 Å². The lowest BCUT2D eigenvalue weighted by Crippen LogP contribution is -2.62. The van der Waals surface area contributed by atoms with Gasteiger partial charge in [0.05, 0.1) is 5.69 Å². The molecule has 0 atom stereocenters. The molecular formula is C70H85BN2. The van der Waals surface area contributed by atoms with Crippen molar-refractivity contribution in [1.29, 1.82) is 0 Å². The monoisotopic (exact) mass is 965 g/mol. The van der Waals surface area contributed by atoms with Crippen LogP contribution >= 0.6 is 0 Å². The standard InChI is InChI=1S/C70H85BN2/c1-64(2,3)47-18-23-52(24-19-47)72-59-27-21-49(66(7,8)9)36-56(59)71-57-37-50(67(10,11)12)22-28-60(57)73(62-39-51(38-61(72)63(62)71)70-40-43-31-44(41-70)33-45(32-43)42-70)58-26-20-48(65(4,5)6)35-53(58)46-17-25-54-55(34-46)69(15,16)30-29-68(54,13)14/h17-28,34-39,43-45H,29-33,40-42H2,1-16H3. The average molecular weight is 965 g/mol. The van der Waals surface area contributed by atoms with Crippen LogP contribution in [0.5, 0.6) is 0 Å². The van der Waals surface area contributed by atoms with Crippen molar-refractivity contribution in [3.8, 4) is 11.1 Å². The van der Waals surface area contributed by atoms with Crippen molar-refractivity contribution in [2.24, 2.45) is 17.8 Å². The first-order valence-electron chi connectivity index (χ1n) is 28.6. The van der Waals surface area contributed by atoms with Gasteiger partial charge in [-0.05, 0) is 216 Å². The molecule has 0 saturated heterocycles. The third-order valence-corrected chi connectivity index (χ3v) is 19.7. The molecule has 5 aliphatic carbocycles. The molecule has 0 N–H and O–H groups in total. The SMILES string of the molecule is CC(C)(C)c1ccc(N2c3ccc(C(C)(C)C)cc3B3c4cc(C(C)(C)C)ccc4N(c4ccc(C(C)(C)C)cc4-c4ccc5c(c4)C(C)(C)CCC5(C)C)c4cc(C56CC7CC(CC(C7)C5)C6)cc2c43)cc1. The first-order chi connectivity index (χ1) is 34.1. The predicted molar refractivity (Wildman–Crippen MR) is 316 cm³/mol. The molecular weight excluding hydrogens is 880 g/mol. The molecule has 13 rings (SSSR count). The van der Waals surface area contributed by atoms with Crippen LogP contribution in [-0.2, 0) is 37.9 Å². The second-order valence-electron chi connectivity index (χ2n) is 30.1. The largest absolute Gasteiger partial charge is 0.311 e. The molecule has 73 heavy (non-hydrogen) atoms. The molecule has 0 aromatic heterocycles. The Morgan fingerprint density at radius 2 is 0.863 bits per heavy atom. The molecule has 0 radical (unpaired) electrons. The number of anilines is 6. The Balaban J connectivity index is 1.20. The van der Waals surface area contributed by atoms with E-state index in [1.807, 2.05) is 0 Å². The van der Waals surface area contributed by atoms with Gasteiger partial charge in [-0.25, -0.2) is 0 Å². The minimum atomic E-state index is -0.0276. The predicted octanol–water partition coefficient (Wildman–Crippen LogP) is 17.4. The van der Waals surface area contributed by atoms with Gasteiger partial charge in [0.1, 0.15) is 0 Å². The second kappa shape index (κ2) is 16.0. The minimum Gasteiger partial charge on any atom is -0.311 e. The van der Waals surface area contributed by atoms with Gasteiger partial charge in [-0.2, -0.15) is 0 Å². The van der Waals surface area contributed by atoms with Crippen LogP contribution in [0.3, 0.4) is 0 Å². The molecule has 6 aromatic carbocycles. The van der Waals surface area contributed by atoms with Gasteiger partial charge < -0.3 is 9.80 Å². The summed E-state index contributed by atoms with van der Waals surface area (Å²) in [5, 5.41) is 0. The molecule has 4 saturated carbocycles. The number of hydrogen-bond donors (Lipinski definition) is 0. The molecule has 378 valence electrons. The van der Waals surface area contributed by atoms with Crippen molar-refractivity contribution >= 4 is 57.2 Å². The number of hydrogen-bond acceptors (Lipinski definition) is 2. The fraction of sp³-hybridized carbons (Fsp3) is 0.486. The van der Waals surface area contributed by atoms with E-state index in [4.69, 9.17) is 0 Å². The van der Waals surface area contributed by atoms with Crippen LogP contribution in [0.15, 0.2) is 109 Å². The van der Waals surface area contributed by atoms with Gasteiger partial charge in [0.2, 0.25) is 0 Å². The molecule has 4 fully saturated rings. The van der Waals surface area contributed by atoms with E-state index in [1.165, 1.54) is 146 Å². The van der Waals surface area contributed by atoms with Gasteiger partial charge in [0, 0.05) is 34.0 Å². The van der Waals surface area contributed by atoms with E-state index in [2.05, 4.69) is 230 Å². The molecule has 0 unspecified atom stereocenters. The van der Waals surface area contributed by atoms with Crippen molar-refractivity contribution in [3.05, 3.63) is 148 Å². The number of rotatable bonds is 4. The highest BCUT2D eigenvalue weighted by molar-refractivity contribution is 7.00. The minimum absolute atomic E-state index is 0.0150. The van der Waals surface area contributed by atoms with Gasteiger partial charge in [0.15, 0.2) is 0 Å². The summed E-state index contributed by atoms with van der Waals surface area (Å²) in [6, 6.07) is 45.5. The van der Waals surface area contributed by atoms with Gasteiger partial charge in [-0.3, -0.25) is 0 Å². The first kappa shape index (κ1) is 48.9. The summed E-state index contributed by atoms with van der Waals surface area (Å²) in [4.78, 5) is 5.50. The van der Waals surface area contributed by atoms with Crippen molar-refractivity contribution < 1.29 is 0 Å². The zero-order valence-corrected chi connectivity index (χ0v) is 47.8. The highest BCUT2D eigenvalue weighted by Gasteiger charge is 2.53. The fourth-order valence-corrected chi connectivity index (χ4v) is 15.5. The normalized spacial score (nSPS) is 23.5. The third-order valence-electron chi connectivity index (χ3n) is 19.7. The Morgan fingerprint density at radius 1 is 0.425 bits per heavy atom. The summed E-state index contributed by atoms with van der Waals surface area (Å²) in [6.45, 7) is 38.5. The van der Waals surface area contributed by atoms with E-state index in [9.17, 15) is 0 Å². The molecule has 4 bridgehead atoms. The topological polar surface area (TPSA) is 6.48 Å². The van der Waals surface area contributed by atoms with E-state index in [1.54, 1.807) is 5.56 Å². The highest BCUT2D eigenvalue weighted by atomic mass is 15.2. The molecule has 0 spiro atoms. The van der Waals surface area contributed by atoms with Crippen molar-refractivity contribution in [1.82, 2.24) is 0 Å². The van der Waals surface area contributed by atoms with Crippen molar-refractivity contribution in [2.45, 2.75) is 200 Å². The Labute approximate surface area is 441 Å². The zero-order valence-electron chi connectivity index (χ0n) is 47.8. The van der Waals surface area contributed by atoms with E-state index in [0.29, 0.717) is 0 Å². The van der Waals surface area contributed by atoms with Crippen LogP contribution in [0.2, 0.25) is 0 Å². The van der Waals surface area contributed by atoms with Gasteiger partial charge in [-0.1, -0.05) is 171 Å². The third kappa shape index (κ3) is 7.92. The van der Waals surface area contributed by atoms with E-state index in [-0.39, 0.29) is 44.6 Å². The maximum Gasteiger partial charge on any atom is 0.252 e. The molecule has 2 aliphatic heterocycles. The average Bonchev–Trinajstić information content (AvgIpc) is 3.30.